The summed E-state index contributed by atoms with van der Waals surface area (Å²) in [7, 11) is -3.16. The lowest BCUT2D eigenvalue weighted by Gasteiger charge is -2.24. The Bertz CT molecular complexity index is 842. The molecule has 0 unspecified atom stereocenters. The van der Waals surface area contributed by atoms with Crippen LogP contribution in [0.5, 0.6) is 0 Å². The molecule has 7 heteroatoms. The Morgan fingerprint density at radius 2 is 2.14 bits per heavy atom. The van der Waals surface area contributed by atoms with E-state index in [0.29, 0.717) is 25.0 Å². The lowest BCUT2D eigenvalue weighted by Crippen LogP contribution is -2.33. The normalized spacial score (nSPS) is 17.2. The third kappa shape index (κ3) is 2.71. The summed E-state index contributed by atoms with van der Waals surface area (Å²) in [6, 6.07) is 2.97. The Morgan fingerprint density at radius 3 is 2.76 bits per heavy atom. The summed E-state index contributed by atoms with van der Waals surface area (Å²) < 4.78 is 37.9. The highest BCUT2D eigenvalue weighted by atomic mass is 35.5. The molecule has 0 spiro atoms. The number of benzene rings is 1. The maximum absolute atomic E-state index is 13.4. The molecule has 1 aromatic carbocycles. The number of rotatable bonds is 2. The van der Waals surface area contributed by atoms with Crippen LogP contribution in [0.3, 0.4) is 0 Å². The number of hydrogen-bond donors (Lipinski definition) is 1. The van der Waals surface area contributed by atoms with E-state index in [4.69, 9.17) is 11.6 Å². The zero-order valence-electron chi connectivity index (χ0n) is 11.4. The molecule has 2 aromatic rings. The van der Waals surface area contributed by atoms with Gasteiger partial charge in [-0.05, 0) is 24.1 Å². The Balaban J connectivity index is 1.99. The first kappa shape index (κ1) is 14.6. The van der Waals surface area contributed by atoms with Crippen LogP contribution in [0.15, 0.2) is 24.4 Å². The number of nitrogens with one attached hydrogen (secondary N) is 1. The van der Waals surface area contributed by atoms with Crippen molar-refractivity contribution in [3.05, 3.63) is 40.8 Å². The van der Waals surface area contributed by atoms with Crippen LogP contribution in [0.1, 0.15) is 12.0 Å². The van der Waals surface area contributed by atoms with E-state index in [0.717, 1.165) is 16.5 Å². The van der Waals surface area contributed by atoms with Gasteiger partial charge in [0.1, 0.15) is 5.82 Å². The summed E-state index contributed by atoms with van der Waals surface area (Å²) in [5.41, 5.74) is 2.67. The summed E-state index contributed by atoms with van der Waals surface area (Å²) in [4.78, 5) is 3.02. The molecular weight excluding hydrogens is 315 g/mol. The second-order valence-corrected chi connectivity index (χ2v) is 7.50. The number of halogens is 2. The molecule has 1 aliphatic rings. The van der Waals surface area contributed by atoms with Crippen LogP contribution in [-0.4, -0.2) is 37.1 Å². The lowest BCUT2D eigenvalue weighted by atomic mass is 10.00. The molecule has 0 atom stereocenters. The van der Waals surface area contributed by atoms with E-state index in [2.05, 4.69) is 4.98 Å². The average molecular weight is 329 g/mol. The summed E-state index contributed by atoms with van der Waals surface area (Å²) in [6.07, 6.45) is 5.53. The highest BCUT2D eigenvalue weighted by molar-refractivity contribution is 7.88. The van der Waals surface area contributed by atoms with Gasteiger partial charge < -0.3 is 4.98 Å². The van der Waals surface area contributed by atoms with Crippen LogP contribution >= 0.6 is 11.6 Å². The number of fused-ring (bicyclic) bond motifs is 1. The van der Waals surface area contributed by atoms with Crippen LogP contribution in [0.4, 0.5) is 4.39 Å². The fourth-order valence-corrected chi connectivity index (χ4v) is 3.51. The van der Waals surface area contributed by atoms with Gasteiger partial charge in [-0.1, -0.05) is 17.7 Å². The molecule has 0 saturated heterocycles. The van der Waals surface area contributed by atoms with Crippen molar-refractivity contribution >= 4 is 38.1 Å². The van der Waals surface area contributed by atoms with Gasteiger partial charge in [0.2, 0.25) is 10.0 Å². The minimum absolute atomic E-state index is 0.0810. The molecule has 0 bridgehead atoms. The predicted octanol–water partition coefficient (Wildman–Crippen LogP) is 3.01. The first-order valence-corrected chi connectivity index (χ1v) is 8.69. The minimum Gasteiger partial charge on any atom is -0.360 e. The van der Waals surface area contributed by atoms with E-state index in [-0.39, 0.29) is 5.02 Å². The van der Waals surface area contributed by atoms with Gasteiger partial charge in [0.15, 0.2) is 0 Å². The predicted molar refractivity (Wildman–Crippen MR) is 82.3 cm³/mol. The third-order valence-corrected chi connectivity index (χ3v) is 5.27. The molecule has 0 fully saturated rings. The number of nitrogens with zero attached hydrogens (tertiary/aromatic N) is 1. The smallest absolute Gasteiger partial charge is 0.211 e. The number of sulfonamides is 1. The van der Waals surface area contributed by atoms with Crippen molar-refractivity contribution in [1.29, 1.82) is 0 Å². The molecule has 0 saturated carbocycles. The number of aromatic amines is 1. The molecule has 1 aromatic heterocycles. The van der Waals surface area contributed by atoms with E-state index in [1.807, 2.05) is 12.3 Å². The maximum atomic E-state index is 13.4. The molecule has 21 heavy (non-hydrogen) atoms. The van der Waals surface area contributed by atoms with Gasteiger partial charge in [-0.25, -0.2) is 12.8 Å². The Hall–Kier alpha value is -1.37. The third-order valence-electron chi connectivity index (χ3n) is 3.71. The largest absolute Gasteiger partial charge is 0.360 e. The molecule has 1 aliphatic heterocycles. The van der Waals surface area contributed by atoms with Crippen molar-refractivity contribution in [2.75, 3.05) is 19.3 Å². The quantitative estimate of drug-likeness (QED) is 0.921. The summed E-state index contributed by atoms with van der Waals surface area (Å²) in [5.74, 6) is -0.460. The van der Waals surface area contributed by atoms with Gasteiger partial charge in [-0.2, -0.15) is 4.31 Å². The van der Waals surface area contributed by atoms with Gasteiger partial charge in [0.25, 0.3) is 0 Å². The summed E-state index contributed by atoms with van der Waals surface area (Å²) >= 11 is 5.84. The topological polar surface area (TPSA) is 53.2 Å². The maximum Gasteiger partial charge on any atom is 0.211 e. The Morgan fingerprint density at radius 1 is 1.38 bits per heavy atom. The van der Waals surface area contributed by atoms with Crippen molar-refractivity contribution in [1.82, 2.24) is 9.29 Å². The van der Waals surface area contributed by atoms with Crippen LogP contribution in [0.25, 0.3) is 16.5 Å². The average Bonchev–Trinajstić information content (AvgIpc) is 2.81. The van der Waals surface area contributed by atoms with E-state index in [1.165, 1.54) is 16.6 Å². The van der Waals surface area contributed by atoms with Crippen molar-refractivity contribution in [3.8, 4) is 0 Å². The van der Waals surface area contributed by atoms with Crippen molar-refractivity contribution in [2.24, 2.45) is 0 Å². The molecule has 4 nitrogen and oxygen atoms in total. The van der Waals surface area contributed by atoms with E-state index in [9.17, 15) is 12.8 Å². The molecule has 0 amide bonds. The van der Waals surface area contributed by atoms with Gasteiger partial charge in [0, 0.05) is 35.8 Å². The summed E-state index contributed by atoms with van der Waals surface area (Å²) in [6.45, 7) is 0.808. The number of aromatic nitrogens is 1. The lowest BCUT2D eigenvalue weighted by molar-refractivity contribution is 0.446. The Labute approximate surface area is 127 Å². The monoisotopic (exact) mass is 328 g/mol. The molecule has 112 valence electrons. The molecule has 0 aliphatic carbocycles. The van der Waals surface area contributed by atoms with Gasteiger partial charge in [0.05, 0.1) is 11.3 Å². The van der Waals surface area contributed by atoms with Gasteiger partial charge >= 0.3 is 0 Å². The minimum atomic E-state index is -3.16. The molecule has 1 N–H and O–H groups in total. The highest BCUT2D eigenvalue weighted by Crippen LogP contribution is 2.32. The van der Waals surface area contributed by atoms with Crippen molar-refractivity contribution in [2.45, 2.75) is 6.42 Å². The molecule has 2 heterocycles. The standard InChI is InChI=1S/C14H14ClFN2O2S/c1-21(19,20)18-4-2-9(3-5-18)11-8-17-14-7-13(16)12(15)6-10(11)14/h2,6-8,17H,3-5H2,1H3. The first-order valence-electron chi connectivity index (χ1n) is 6.47. The van der Waals surface area contributed by atoms with Crippen molar-refractivity contribution in [3.63, 3.8) is 0 Å². The molecule has 3 rings (SSSR count). The SMILES string of the molecule is CS(=O)(=O)N1CC=C(c2c[nH]c3cc(F)c(Cl)cc23)CC1. The molecule has 0 radical (unpaired) electrons. The zero-order valence-corrected chi connectivity index (χ0v) is 12.9. The second-order valence-electron chi connectivity index (χ2n) is 5.11. The fourth-order valence-electron chi connectivity index (χ4n) is 2.58. The van der Waals surface area contributed by atoms with Crippen LogP contribution in [0.2, 0.25) is 5.02 Å². The second kappa shape index (κ2) is 5.12. The van der Waals surface area contributed by atoms with Crippen LogP contribution < -0.4 is 0 Å². The van der Waals surface area contributed by atoms with Crippen LogP contribution in [-0.2, 0) is 10.0 Å². The fraction of sp³-hybridized carbons (Fsp3) is 0.286. The number of H-pyrrole nitrogens is 1. The highest BCUT2D eigenvalue weighted by Gasteiger charge is 2.21. The van der Waals surface area contributed by atoms with Gasteiger partial charge in [-0.15, -0.1) is 0 Å². The molecular formula is C14H14ClFN2O2S. The van der Waals surface area contributed by atoms with Gasteiger partial charge in [-0.3, -0.25) is 0 Å². The number of hydrogen-bond acceptors (Lipinski definition) is 2. The van der Waals surface area contributed by atoms with E-state index in [1.54, 1.807) is 6.07 Å². The Kier molecular flexibility index (Phi) is 3.55. The van der Waals surface area contributed by atoms with Crippen molar-refractivity contribution < 1.29 is 12.8 Å². The van der Waals surface area contributed by atoms with E-state index >= 15 is 0 Å². The first-order chi connectivity index (χ1) is 9.86. The summed E-state index contributed by atoms with van der Waals surface area (Å²) in [5, 5.41) is 0.929. The van der Waals surface area contributed by atoms with E-state index < -0.39 is 15.8 Å². The van der Waals surface area contributed by atoms with Crippen LogP contribution in [0, 0.1) is 5.82 Å². The zero-order chi connectivity index (χ0) is 15.2.